The highest BCUT2D eigenvalue weighted by Crippen LogP contribution is 2.39. The van der Waals surface area contributed by atoms with Crippen molar-refractivity contribution >= 4 is 39.3 Å². The lowest BCUT2D eigenvalue weighted by Gasteiger charge is -2.30. The summed E-state index contributed by atoms with van der Waals surface area (Å²) >= 11 is 4.87. The van der Waals surface area contributed by atoms with Gasteiger partial charge in [-0.2, -0.15) is 0 Å². The number of rotatable bonds is 4. The molecule has 3 rings (SSSR count). The number of carboxylic acid groups (broad SMARTS) is 1. The average Bonchev–Trinajstić information content (AvgIpc) is 2.69. The predicted octanol–water partition coefficient (Wildman–Crippen LogP) is 3.44. The van der Waals surface area contributed by atoms with Gasteiger partial charge in [0, 0.05) is 0 Å². The van der Waals surface area contributed by atoms with E-state index in [0.717, 1.165) is 34.5 Å². The lowest BCUT2D eigenvalue weighted by molar-refractivity contribution is -0.138. The summed E-state index contributed by atoms with van der Waals surface area (Å²) in [5.74, 6) is -0.428. The van der Waals surface area contributed by atoms with Crippen molar-refractivity contribution in [3.8, 4) is 0 Å². The summed E-state index contributed by atoms with van der Waals surface area (Å²) in [6.07, 6.45) is 4.92. The molecule has 100 valence electrons. The molecule has 6 heteroatoms. The Labute approximate surface area is 123 Å². The molecule has 1 atom stereocenters. The van der Waals surface area contributed by atoms with E-state index in [0.29, 0.717) is 5.92 Å². The van der Waals surface area contributed by atoms with E-state index in [4.69, 9.17) is 0 Å². The zero-order chi connectivity index (χ0) is 13.4. The van der Waals surface area contributed by atoms with Crippen LogP contribution in [0.1, 0.15) is 19.3 Å². The summed E-state index contributed by atoms with van der Waals surface area (Å²) in [5, 5.41) is 9.96. The summed E-state index contributed by atoms with van der Waals surface area (Å²) in [5.41, 5.74) is 0.828. The van der Waals surface area contributed by atoms with Crippen molar-refractivity contribution in [3.63, 3.8) is 0 Å². The maximum Gasteiger partial charge on any atom is 0.317 e. The van der Waals surface area contributed by atoms with Gasteiger partial charge in [0.1, 0.15) is 15.5 Å². The number of thioether (sulfide) groups is 1. The SMILES string of the molecule is O=C(O)C(Sc1cccc2ncc(Br)n12)C1CCC1. The van der Waals surface area contributed by atoms with E-state index in [1.165, 1.54) is 11.8 Å². The highest BCUT2D eigenvalue weighted by molar-refractivity contribution is 9.10. The van der Waals surface area contributed by atoms with Crippen LogP contribution in [0.15, 0.2) is 34.0 Å². The summed E-state index contributed by atoms with van der Waals surface area (Å²) in [6.45, 7) is 0. The van der Waals surface area contributed by atoms with Gasteiger partial charge in [-0.1, -0.05) is 24.2 Å². The monoisotopic (exact) mass is 340 g/mol. The van der Waals surface area contributed by atoms with Gasteiger partial charge in [-0.25, -0.2) is 4.98 Å². The van der Waals surface area contributed by atoms with Crippen LogP contribution in [0.25, 0.3) is 5.65 Å². The Morgan fingerprint density at radius 2 is 2.32 bits per heavy atom. The zero-order valence-corrected chi connectivity index (χ0v) is 12.5. The van der Waals surface area contributed by atoms with Gasteiger partial charge in [0.25, 0.3) is 0 Å². The molecule has 2 heterocycles. The van der Waals surface area contributed by atoms with Gasteiger partial charge in [-0.15, -0.1) is 0 Å². The minimum atomic E-state index is -0.719. The van der Waals surface area contributed by atoms with E-state index in [1.54, 1.807) is 6.20 Å². The first-order valence-electron chi connectivity index (χ1n) is 6.18. The number of pyridine rings is 1. The molecular formula is C13H13BrN2O2S. The fraction of sp³-hybridized carbons (Fsp3) is 0.385. The van der Waals surface area contributed by atoms with Crippen LogP contribution < -0.4 is 0 Å². The van der Waals surface area contributed by atoms with Gasteiger partial charge in [0.05, 0.1) is 11.2 Å². The lowest BCUT2D eigenvalue weighted by atomic mass is 9.83. The number of imidazole rings is 1. The van der Waals surface area contributed by atoms with Crippen molar-refractivity contribution in [2.45, 2.75) is 29.5 Å². The number of hydrogen-bond acceptors (Lipinski definition) is 3. The van der Waals surface area contributed by atoms with Crippen molar-refractivity contribution in [3.05, 3.63) is 29.0 Å². The Morgan fingerprint density at radius 1 is 1.53 bits per heavy atom. The molecule has 0 spiro atoms. The van der Waals surface area contributed by atoms with E-state index >= 15 is 0 Å². The van der Waals surface area contributed by atoms with Gasteiger partial charge >= 0.3 is 5.97 Å². The molecule has 2 aromatic rings. The molecule has 1 aliphatic rings. The third kappa shape index (κ3) is 2.39. The van der Waals surface area contributed by atoms with Crippen molar-refractivity contribution in [2.24, 2.45) is 5.92 Å². The molecule has 1 fully saturated rings. The summed E-state index contributed by atoms with van der Waals surface area (Å²) in [4.78, 5) is 15.7. The third-order valence-corrected chi connectivity index (χ3v) is 5.48. The highest BCUT2D eigenvalue weighted by Gasteiger charge is 2.33. The van der Waals surface area contributed by atoms with Crippen LogP contribution in [-0.4, -0.2) is 25.7 Å². The first-order chi connectivity index (χ1) is 9.16. The predicted molar refractivity (Wildman–Crippen MR) is 77.5 cm³/mol. The number of halogens is 1. The maximum atomic E-state index is 11.4. The number of carbonyl (C=O) groups is 1. The molecule has 1 aliphatic carbocycles. The molecule has 0 amide bonds. The smallest absolute Gasteiger partial charge is 0.317 e. The van der Waals surface area contributed by atoms with Crippen LogP contribution in [0.2, 0.25) is 0 Å². The van der Waals surface area contributed by atoms with Crippen molar-refractivity contribution in [2.75, 3.05) is 0 Å². The van der Waals surface area contributed by atoms with Gasteiger partial charge in [0.15, 0.2) is 0 Å². The molecule has 0 saturated heterocycles. The summed E-state index contributed by atoms with van der Waals surface area (Å²) in [6, 6.07) is 5.77. The van der Waals surface area contributed by atoms with Crippen LogP contribution in [-0.2, 0) is 4.79 Å². The largest absolute Gasteiger partial charge is 0.480 e. The molecule has 1 N–H and O–H groups in total. The normalized spacial score (nSPS) is 17.3. The molecule has 0 aliphatic heterocycles. The number of aliphatic carboxylic acids is 1. The highest BCUT2D eigenvalue weighted by atomic mass is 79.9. The van der Waals surface area contributed by atoms with Crippen molar-refractivity contribution in [1.29, 1.82) is 0 Å². The van der Waals surface area contributed by atoms with Crippen LogP contribution in [0, 0.1) is 5.92 Å². The van der Waals surface area contributed by atoms with E-state index in [-0.39, 0.29) is 5.25 Å². The second-order valence-corrected chi connectivity index (χ2v) is 6.68. The Bertz CT molecular complexity index is 624. The average molecular weight is 341 g/mol. The maximum absolute atomic E-state index is 11.4. The standard InChI is InChI=1S/C13H13BrN2O2S/c14-9-7-15-10-5-2-6-11(16(9)10)19-12(13(17)18)8-3-1-4-8/h2,5-8,12H,1,3-4H2,(H,17,18). The van der Waals surface area contributed by atoms with E-state index < -0.39 is 5.97 Å². The van der Waals surface area contributed by atoms with Crippen LogP contribution in [0.3, 0.4) is 0 Å². The van der Waals surface area contributed by atoms with Gasteiger partial charge in [0.2, 0.25) is 0 Å². The van der Waals surface area contributed by atoms with Crippen LogP contribution >= 0.6 is 27.7 Å². The topological polar surface area (TPSA) is 54.6 Å². The summed E-state index contributed by atoms with van der Waals surface area (Å²) in [7, 11) is 0. The molecule has 1 saturated carbocycles. The van der Waals surface area contributed by atoms with Gasteiger partial charge < -0.3 is 5.11 Å². The first kappa shape index (κ1) is 13.0. The molecule has 1 unspecified atom stereocenters. The fourth-order valence-electron chi connectivity index (χ4n) is 2.28. The Hall–Kier alpha value is -1.01. The molecular weight excluding hydrogens is 328 g/mol. The second kappa shape index (κ2) is 5.17. The molecule has 2 aromatic heterocycles. The lowest BCUT2D eigenvalue weighted by Crippen LogP contribution is -2.31. The Morgan fingerprint density at radius 3 is 2.95 bits per heavy atom. The van der Waals surface area contributed by atoms with Gasteiger partial charge in [-0.3, -0.25) is 9.20 Å². The number of carboxylic acids is 1. The first-order valence-corrected chi connectivity index (χ1v) is 7.85. The Balaban J connectivity index is 1.95. The van der Waals surface area contributed by atoms with E-state index in [1.807, 2.05) is 22.6 Å². The zero-order valence-electron chi connectivity index (χ0n) is 10.1. The number of aromatic nitrogens is 2. The minimum absolute atomic E-state index is 0.292. The van der Waals surface area contributed by atoms with Gasteiger partial charge in [-0.05, 0) is 46.8 Å². The minimum Gasteiger partial charge on any atom is -0.480 e. The van der Waals surface area contributed by atoms with Crippen molar-refractivity contribution < 1.29 is 9.90 Å². The van der Waals surface area contributed by atoms with E-state index in [2.05, 4.69) is 20.9 Å². The van der Waals surface area contributed by atoms with E-state index in [9.17, 15) is 9.90 Å². The molecule has 0 radical (unpaired) electrons. The van der Waals surface area contributed by atoms with Crippen LogP contribution in [0.5, 0.6) is 0 Å². The second-order valence-electron chi connectivity index (χ2n) is 4.71. The number of nitrogens with zero attached hydrogens (tertiary/aromatic N) is 2. The summed E-state index contributed by atoms with van der Waals surface area (Å²) < 4.78 is 2.79. The Kier molecular flexibility index (Phi) is 3.54. The number of hydrogen-bond donors (Lipinski definition) is 1. The quantitative estimate of drug-likeness (QED) is 0.866. The molecule has 0 bridgehead atoms. The van der Waals surface area contributed by atoms with Crippen LogP contribution in [0.4, 0.5) is 0 Å². The molecule has 4 nitrogen and oxygen atoms in total. The fourth-order valence-corrected chi connectivity index (χ4v) is 4.16. The number of fused-ring (bicyclic) bond motifs is 1. The molecule has 0 aromatic carbocycles. The third-order valence-electron chi connectivity index (χ3n) is 3.52. The van der Waals surface area contributed by atoms with Crippen molar-refractivity contribution in [1.82, 2.24) is 9.38 Å². The molecule has 19 heavy (non-hydrogen) atoms.